The van der Waals surface area contributed by atoms with Crippen molar-refractivity contribution in [3.63, 3.8) is 0 Å². The predicted molar refractivity (Wildman–Crippen MR) is 76.4 cm³/mol. The normalized spacial score (nSPS) is 9.95. The maximum absolute atomic E-state index is 11.4. The lowest BCUT2D eigenvalue weighted by Crippen LogP contribution is -2.31. The zero-order chi connectivity index (χ0) is 15.0. The van der Waals surface area contributed by atoms with E-state index in [0.717, 1.165) is 5.56 Å². The molecule has 2 N–H and O–H groups in total. The van der Waals surface area contributed by atoms with E-state index < -0.39 is 0 Å². The maximum Gasteiger partial charge on any atom is 0.259 e. The van der Waals surface area contributed by atoms with Gasteiger partial charge in [-0.15, -0.1) is 0 Å². The van der Waals surface area contributed by atoms with Gasteiger partial charge in [0.1, 0.15) is 5.75 Å². The largest absolute Gasteiger partial charge is 0.484 e. The molecule has 2 amide bonds. The van der Waals surface area contributed by atoms with E-state index in [4.69, 9.17) is 4.74 Å². The van der Waals surface area contributed by atoms with Crippen LogP contribution in [0.25, 0.3) is 0 Å². The Morgan fingerprint density at radius 1 is 1.30 bits per heavy atom. The first-order chi connectivity index (χ1) is 9.52. The van der Waals surface area contributed by atoms with Gasteiger partial charge in [0.05, 0.1) is 6.54 Å². The molecule has 0 aliphatic heterocycles. The second kappa shape index (κ2) is 8.16. The average molecular weight is 279 g/mol. The lowest BCUT2D eigenvalue weighted by atomic mass is 10.2. The summed E-state index contributed by atoms with van der Waals surface area (Å²) in [5.41, 5.74) is 0.921. The molecule has 0 fully saturated rings. The lowest BCUT2D eigenvalue weighted by molar-refractivity contribution is -0.130. The molecule has 0 spiro atoms. The van der Waals surface area contributed by atoms with Gasteiger partial charge in [-0.25, -0.2) is 0 Å². The highest BCUT2D eigenvalue weighted by Gasteiger charge is 2.05. The lowest BCUT2D eigenvalue weighted by Gasteiger charge is -2.12. The molecular weight excluding hydrogens is 258 g/mol. The molecule has 0 bridgehead atoms. The topological polar surface area (TPSA) is 70.7 Å². The van der Waals surface area contributed by atoms with Crippen LogP contribution in [0.4, 0.5) is 0 Å². The summed E-state index contributed by atoms with van der Waals surface area (Å²) in [5, 5.41) is 5.56. The summed E-state index contributed by atoms with van der Waals surface area (Å²) < 4.78 is 5.41. The second-order valence-electron chi connectivity index (χ2n) is 4.53. The number of ether oxygens (including phenoxy) is 1. The molecule has 0 atom stereocenters. The fraction of sp³-hybridized carbons (Fsp3) is 0.429. The van der Waals surface area contributed by atoms with Gasteiger partial charge >= 0.3 is 0 Å². The smallest absolute Gasteiger partial charge is 0.259 e. The molecule has 0 aromatic heterocycles. The van der Waals surface area contributed by atoms with Gasteiger partial charge in [0.25, 0.3) is 5.91 Å². The van der Waals surface area contributed by atoms with Crippen LogP contribution >= 0.6 is 0 Å². The molecule has 20 heavy (non-hydrogen) atoms. The molecule has 0 aliphatic carbocycles. The van der Waals surface area contributed by atoms with E-state index in [1.54, 1.807) is 27.2 Å². The first kappa shape index (κ1) is 16.0. The van der Waals surface area contributed by atoms with Crippen molar-refractivity contribution in [3.8, 4) is 5.75 Å². The Kier molecular flexibility index (Phi) is 6.52. The minimum atomic E-state index is -0.0993. The monoisotopic (exact) mass is 279 g/mol. The summed E-state index contributed by atoms with van der Waals surface area (Å²) in [4.78, 5) is 24.2. The van der Waals surface area contributed by atoms with Crippen LogP contribution < -0.4 is 15.4 Å². The summed E-state index contributed by atoms with van der Waals surface area (Å²) >= 11 is 0. The molecule has 0 unspecified atom stereocenters. The van der Waals surface area contributed by atoms with E-state index in [0.29, 0.717) is 12.3 Å². The molecule has 0 aliphatic rings. The Morgan fingerprint density at radius 2 is 2.05 bits per heavy atom. The van der Waals surface area contributed by atoms with Crippen molar-refractivity contribution in [1.82, 2.24) is 15.5 Å². The van der Waals surface area contributed by atoms with E-state index in [-0.39, 0.29) is 25.0 Å². The van der Waals surface area contributed by atoms with E-state index in [9.17, 15) is 9.59 Å². The minimum absolute atomic E-state index is 0.00255. The van der Waals surface area contributed by atoms with Gasteiger partial charge in [0.15, 0.2) is 6.61 Å². The average Bonchev–Trinajstić information content (AvgIpc) is 2.43. The third-order valence-electron chi connectivity index (χ3n) is 2.59. The third kappa shape index (κ3) is 5.71. The Morgan fingerprint density at radius 3 is 2.70 bits per heavy atom. The number of rotatable bonds is 7. The number of benzene rings is 1. The van der Waals surface area contributed by atoms with Gasteiger partial charge < -0.3 is 20.3 Å². The standard InChI is InChI=1S/C14H21N3O3/c1-15-9-13(18)16-8-11-5-4-6-12(7-11)20-10-14(19)17(2)3/h4-7,15H,8-10H2,1-3H3,(H,16,18). The zero-order valence-corrected chi connectivity index (χ0v) is 12.1. The molecule has 0 saturated heterocycles. The van der Waals surface area contributed by atoms with E-state index >= 15 is 0 Å². The first-order valence-corrected chi connectivity index (χ1v) is 6.36. The van der Waals surface area contributed by atoms with Gasteiger partial charge in [-0.1, -0.05) is 12.1 Å². The Hall–Kier alpha value is -2.08. The molecule has 1 aromatic rings. The van der Waals surface area contributed by atoms with Crippen molar-refractivity contribution in [2.24, 2.45) is 0 Å². The number of nitrogens with zero attached hydrogens (tertiary/aromatic N) is 1. The third-order valence-corrected chi connectivity index (χ3v) is 2.59. The van der Waals surface area contributed by atoms with E-state index in [1.807, 2.05) is 18.2 Å². The number of likely N-dealkylation sites (N-methyl/N-ethyl adjacent to an activating group) is 2. The fourth-order valence-corrected chi connectivity index (χ4v) is 1.44. The van der Waals surface area contributed by atoms with Crippen LogP contribution in [0.1, 0.15) is 5.56 Å². The number of amides is 2. The number of carbonyl (C=O) groups is 2. The number of carbonyl (C=O) groups excluding carboxylic acids is 2. The molecule has 0 radical (unpaired) electrons. The summed E-state index contributed by atoms with van der Waals surface area (Å²) in [6.07, 6.45) is 0. The van der Waals surface area contributed by atoms with Gasteiger partial charge in [-0.3, -0.25) is 9.59 Å². The predicted octanol–water partition coefficient (Wildman–Crippen LogP) is -0.0108. The van der Waals surface area contributed by atoms with Gasteiger partial charge in [-0.2, -0.15) is 0 Å². The summed E-state index contributed by atoms with van der Waals surface area (Å²) in [5.74, 6) is 0.444. The minimum Gasteiger partial charge on any atom is -0.484 e. The first-order valence-electron chi connectivity index (χ1n) is 6.36. The molecule has 0 heterocycles. The zero-order valence-electron chi connectivity index (χ0n) is 12.1. The highest BCUT2D eigenvalue weighted by molar-refractivity contribution is 5.78. The van der Waals surface area contributed by atoms with Crippen LogP contribution in [-0.4, -0.2) is 51.0 Å². The van der Waals surface area contributed by atoms with Crippen molar-refractivity contribution in [2.75, 3.05) is 34.3 Å². The Balaban J connectivity index is 2.49. The van der Waals surface area contributed by atoms with Crippen molar-refractivity contribution < 1.29 is 14.3 Å². The molecule has 1 aromatic carbocycles. The summed E-state index contributed by atoms with van der Waals surface area (Å²) in [6, 6.07) is 7.31. The highest BCUT2D eigenvalue weighted by Crippen LogP contribution is 2.13. The quantitative estimate of drug-likeness (QED) is 0.736. The Labute approximate surface area is 119 Å². The summed E-state index contributed by atoms with van der Waals surface area (Å²) in [6.45, 7) is 0.718. The number of hydrogen-bond donors (Lipinski definition) is 2. The highest BCUT2D eigenvalue weighted by atomic mass is 16.5. The molecule has 6 heteroatoms. The van der Waals surface area contributed by atoms with Gasteiger partial charge in [0, 0.05) is 20.6 Å². The van der Waals surface area contributed by atoms with Crippen LogP contribution in [0.2, 0.25) is 0 Å². The van der Waals surface area contributed by atoms with Crippen LogP contribution in [0.15, 0.2) is 24.3 Å². The van der Waals surface area contributed by atoms with Gasteiger partial charge in [0.2, 0.25) is 5.91 Å². The second-order valence-corrected chi connectivity index (χ2v) is 4.53. The van der Waals surface area contributed by atoms with E-state index in [1.165, 1.54) is 4.90 Å². The van der Waals surface area contributed by atoms with E-state index in [2.05, 4.69) is 10.6 Å². The van der Waals surface area contributed by atoms with Crippen molar-refractivity contribution in [2.45, 2.75) is 6.54 Å². The van der Waals surface area contributed by atoms with Crippen molar-refractivity contribution >= 4 is 11.8 Å². The van der Waals surface area contributed by atoms with Crippen LogP contribution in [0.3, 0.4) is 0 Å². The molecule has 110 valence electrons. The van der Waals surface area contributed by atoms with Crippen LogP contribution in [-0.2, 0) is 16.1 Å². The number of nitrogens with one attached hydrogen (secondary N) is 2. The van der Waals surface area contributed by atoms with Crippen molar-refractivity contribution in [1.29, 1.82) is 0 Å². The van der Waals surface area contributed by atoms with Gasteiger partial charge in [-0.05, 0) is 24.7 Å². The van der Waals surface area contributed by atoms with Crippen LogP contribution in [0.5, 0.6) is 5.75 Å². The fourth-order valence-electron chi connectivity index (χ4n) is 1.44. The Bertz CT molecular complexity index is 461. The molecule has 0 saturated carbocycles. The van der Waals surface area contributed by atoms with Crippen molar-refractivity contribution in [3.05, 3.63) is 29.8 Å². The van der Waals surface area contributed by atoms with Crippen LogP contribution in [0, 0.1) is 0 Å². The summed E-state index contributed by atoms with van der Waals surface area (Å²) in [7, 11) is 5.08. The molecule has 6 nitrogen and oxygen atoms in total. The maximum atomic E-state index is 11.4. The molecular formula is C14H21N3O3. The SMILES string of the molecule is CNCC(=O)NCc1cccc(OCC(=O)N(C)C)c1. The molecule has 1 rings (SSSR count). The number of hydrogen-bond acceptors (Lipinski definition) is 4.